The van der Waals surface area contributed by atoms with Gasteiger partial charge in [-0.05, 0) is 33.6 Å². The van der Waals surface area contributed by atoms with Gasteiger partial charge in [-0.3, -0.25) is 9.78 Å². The molecule has 6 nitrogen and oxygen atoms in total. The van der Waals surface area contributed by atoms with Gasteiger partial charge in [-0.15, -0.1) is 0 Å². The van der Waals surface area contributed by atoms with E-state index in [1.807, 2.05) is 13.8 Å². The van der Waals surface area contributed by atoms with Gasteiger partial charge in [0.25, 0.3) is 0 Å². The number of hydrogen-bond acceptors (Lipinski definition) is 6. The van der Waals surface area contributed by atoms with Crippen molar-refractivity contribution in [2.75, 3.05) is 0 Å². The van der Waals surface area contributed by atoms with E-state index in [1.54, 1.807) is 20.8 Å². The van der Waals surface area contributed by atoms with Gasteiger partial charge < -0.3 is 0 Å². The predicted octanol–water partition coefficient (Wildman–Crippen LogP) is 1.92. The number of hydrogen-bond donors (Lipinski definition) is 0. The van der Waals surface area contributed by atoms with Crippen molar-refractivity contribution in [3.05, 3.63) is 0 Å². The molecule has 0 saturated carbocycles. The van der Waals surface area contributed by atoms with Gasteiger partial charge in [-0.2, -0.15) is 9.78 Å². The number of carbonyl (C=O) groups is 2. The topological polar surface area (TPSA) is 71.1 Å². The van der Waals surface area contributed by atoms with E-state index >= 15 is 0 Å². The molecule has 6 heteroatoms. The number of carbonyl (C=O) groups excluding carboxylic acids is 2. The summed E-state index contributed by atoms with van der Waals surface area (Å²) in [4.78, 5) is 40.2. The fourth-order valence-electron chi connectivity index (χ4n) is 0.471. The van der Waals surface area contributed by atoms with Crippen LogP contribution in [0.2, 0.25) is 0 Å². The van der Waals surface area contributed by atoms with Crippen LogP contribution >= 0.6 is 0 Å². The molecule has 0 fully saturated rings. The minimum absolute atomic E-state index is 0.278. The zero-order valence-electron chi connectivity index (χ0n) is 10.9. The van der Waals surface area contributed by atoms with Crippen LogP contribution in [0.15, 0.2) is 0 Å². The van der Waals surface area contributed by atoms with Gasteiger partial charge in [-0.1, -0.05) is 13.8 Å². The van der Waals surface area contributed by atoms with E-state index in [1.165, 1.54) is 0 Å². The molecule has 1 unspecified atom stereocenters. The van der Waals surface area contributed by atoms with E-state index in [2.05, 4.69) is 14.7 Å². The Morgan fingerprint density at radius 1 is 1.12 bits per heavy atom. The van der Waals surface area contributed by atoms with Gasteiger partial charge >= 0.3 is 11.9 Å². The highest BCUT2D eigenvalue weighted by Gasteiger charge is 2.25. The molecule has 0 aliphatic heterocycles. The molecule has 100 valence electrons. The first kappa shape index (κ1) is 15.9. The Morgan fingerprint density at radius 3 is 2.12 bits per heavy atom. The van der Waals surface area contributed by atoms with Crippen LogP contribution in [-0.2, 0) is 29.1 Å². The molecular weight excluding hydrogens is 228 g/mol. The molecule has 0 aliphatic rings. The molecule has 0 spiro atoms. The van der Waals surface area contributed by atoms with E-state index in [0.717, 1.165) is 0 Å². The van der Waals surface area contributed by atoms with Gasteiger partial charge in [0.05, 0.1) is 0 Å². The molecule has 0 aromatic carbocycles. The van der Waals surface area contributed by atoms with Gasteiger partial charge in [0, 0.05) is 0 Å². The van der Waals surface area contributed by atoms with Crippen molar-refractivity contribution < 1.29 is 29.1 Å². The van der Waals surface area contributed by atoms with Gasteiger partial charge in [0.2, 0.25) is 0 Å². The average molecular weight is 248 g/mol. The molecule has 0 radical (unpaired) electrons. The summed E-state index contributed by atoms with van der Waals surface area (Å²) in [6, 6.07) is 0. The molecule has 0 aromatic rings. The Hall–Kier alpha value is -1.14. The summed E-state index contributed by atoms with van der Waals surface area (Å²) in [5, 5.41) is 0. The Morgan fingerprint density at radius 2 is 1.65 bits per heavy atom. The normalized spacial score (nSPS) is 13.0. The zero-order chi connectivity index (χ0) is 13.5. The third-order valence-electron chi connectivity index (χ3n) is 2.22. The quantitative estimate of drug-likeness (QED) is 0.406. The highest BCUT2D eigenvalue weighted by atomic mass is 17.2. The van der Waals surface area contributed by atoms with Crippen molar-refractivity contribution in [2.24, 2.45) is 0 Å². The fourth-order valence-corrected chi connectivity index (χ4v) is 0.471. The minimum Gasteiger partial charge on any atom is -0.285 e. The molecule has 0 amide bonds. The molecule has 1 atom stereocenters. The molecule has 0 saturated heterocycles. The smallest absolute Gasteiger partial charge is 0.285 e. The number of rotatable bonds is 6. The van der Waals surface area contributed by atoms with Crippen LogP contribution in [0.5, 0.6) is 0 Å². The van der Waals surface area contributed by atoms with Crippen LogP contribution in [0.1, 0.15) is 47.5 Å². The first-order valence-electron chi connectivity index (χ1n) is 5.59. The van der Waals surface area contributed by atoms with E-state index in [-0.39, 0.29) is 6.10 Å². The maximum atomic E-state index is 11.1. The van der Waals surface area contributed by atoms with Crippen LogP contribution in [0.3, 0.4) is 0 Å². The van der Waals surface area contributed by atoms with Crippen LogP contribution in [0.4, 0.5) is 0 Å². The van der Waals surface area contributed by atoms with Crippen molar-refractivity contribution in [1.29, 1.82) is 0 Å². The monoisotopic (exact) mass is 248 g/mol. The minimum atomic E-state index is -1.24. The largest absolute Gasteiger partial charge is 0.453 e. The lowest BCUT2D eigenvalue weighted by Gasteiger charge is -2.19. The Labute approximate surface area is 101 Å². The average Bonchev–Trinajstić information content (AvgIpc) is 2.32. The summed E-state index contributed by atoms with van der Waals surface area (Å²) in [5.41, 5.74) is -0.645. The Bertz CT molecular complexity index is 261. The maximum absolute atomic E-state index is 11.1. The molecule has 0 rings (SSSR count). The summed E-state index contributed by atoms with van der Waals surface area (Å²) >= 11 is 0. The molecule has 17 heavy (non-hydrogen) atoms. The summed E-state index contributed by atoms with van der Waals surface area (Å²) in [6.07, 6.45) is 1.00. The lowest BCUT2D eigenvalue weighted by Crippen LogP contribution is -2.29. The van der Waals surface area contributed by atoms with E-state index in [0.29, 0.717) is 12.8 Å². The first-order valence-corrected chi connectivity index (χ1v) is 5.59. The lowest BCUT2D eigenvalue weighted by molar-refractivity contribution is -0.334. The fraction of sp³-hybridized carbons (Fsp3) is 0.818. The summed E-state index contributed by atoms with van der Waals surface area (Å²) in [7, 11) is 0. The van der Waals surface area contributed by atoms with E-state index in [9.17, 15) is 9.59 Å². The molecular formula is C11H20O6. The van der Waals surface area contributed by atoms with Crippen LogP contribution in [0, 0.1) is 0 Å². The van der Waals surface area contributed by atoms with Crippen LogP contribution in [-0.4, -0.2) is 23.6 Å². The maximum Gasteiger partial charge on any atom is 0.453 e. The lowest BCUT2D eigenvalue weighted by atomic mass is 10.1. The van der Waals surface area contributed by atoms with Gasteiger partial charge in [0.15, 0.2) is 0 Å². The van der Waals surface area contributed by atoms with Crippen molar-refractivity contribution in [3.63, 3.8) is 0 Å². The predicted molar refractivity (Wildman–Crippen MR) is 58.5 cm³/mol. The first-order chi connectivity index (χ1) is 7.82. The standard InChI is InChI=1S/C11H20O6/c1-6-8(3)14-15-9(12)10(13)16-17-11(4,5)7-2/h8H,6-7H2,1-5H3. The third-order valence-corrected chi connectivity index (χ3v) is 2.22. The van der Waals surface area contributed by atoms with Crippen LogP contribution < -0.4 is 0 Å². The van der Waals surface area contributed by atoms with Crippen molar-refractivity contribution in [1.82, 2.24) is 0 Å². The van der Waals surface area contributed by atoms with Crippen molar-refractivity contribution in [3.8, 4) is 0 Å². The Balaban J connectivity index is 3.95. The highest BCUT2D eigenvalue weighted by molar-refractivity contribution is 6.29. The second kappa shape index (κ2) is 7.24. The molecule has 0 bridgehead atoms. The summed E-state index contributed by atoms with van der Waals surface area (Å²) < 4.78 is 0. The third kappa shape index (κ3) is 6.91. The molecule has 0 aromatic heterocycles. The summed E-state index contributed by atoms with van der Waals surface area (Å²) in [6.45, 7) is 8.86. The van der Waals surface area contributed by atoms with E-state index < -0.39 is 17.5 Å². The molecule has 0 N–H and O–H groups in total. The Kier molecular flexibility index (Phi) is 6.75. The second-order valence-corrected chi connectivity index (χ2v) is 4.25. The van der Waals surface area contributed by atoms with Crippen molar-refractivity contribution in [2.45, 2.75) is 59.2 Å². The van der Waals surface area contributed by atoms with Crippen molar-refractivity contribution >= 4 is 11.9 Å². The van der Waals surface area contributed by atoms with Crippen LogP contribution in [0.25, 0.3) is 0 Å². The van der Waals surface area contributed by atoms with Gasteiger partial charge in [-0.25, -0.2) is 9.59 Å². The van der Waals surface area contributed by atoms with Gasteiger partial charge in [0.1, 0.15) is 11.7 Å². The second-order valence-electron chi connectivity index (χ2n) is 4.25. The SMILES string of the molecule is CCC(C)OOC(=O)C(=O)OOC(C)(C)CC. The zero-order valence-corrected chi connectivity index (χ0v) is 10.9. The molecule has 0 aliphatic carbocycles. The molecule has 0 heterocycles. The summed E-state index contributed by atoms with van der Waals surface area (Å²) in [5.74, 6) is -2.48. The highest BCUT2D eigenvalue weighted by Crippen LogP contribution is 2.13. The van der Waals surface area contributed by atoms with E-state index in [4.69, 9.17) is 4.89 Å².